The van der Waals surface area contributed by atoms with E-state index in [1.165, 1.54) is 5.56 Å². The number of aromatic nitrogens is 1. The lowest BCUT2D eigenvalue weighted by Crippen LogP contribution is -2.46. The molecule has 4 rings (SSSR count). The fourth-order valence-corrected chi connectivity index (χ4v) is 6.29. The quantitative estimate of drug-likeness (QED) is 0.838. The molecule has 4 nitrogen and oxygen atoms in total. The Labute approximate surface area is 147 Å². The van der Waals surface area contributed by atoms with Gasteiger partial charge >= 0.3 is 0 Å². The molecule has 2 heterocycles. The van der Waals surface area contributed by atoms with Crippen molar-refractivity contribution in [1.29, 1.82) is 0 Å². The first-order valence-corrected chi connectivity index (χ1v) is 10.9. The molecule has 6 heteroatoms. The average molecular weight is 363 g/mol. The smallest absolute Gasteiger partial charge is 0.216 e. The Morgan fingerprint density at radius 2 is 1.83 bits per heavy atom. The molecular weight excluding hydrogens is 340 g/mol. The molecule has 24 heavy (non-hydrogen) atoms. The van der Waals surface area contributed by atoms with Crippen LogP contribution in [0.3, 0.4) is 0 Å². The lowest BCUT2D eigenvalue weighted by Gasteiger charge is -2.41. The largest absolute Gasteiger partial charge is 0.246 e. The number of thiazole rings is 1. The minimum atomic E-state index is -3.08. The molecule has 0 bridgehead atoms. The van der Waals surface area contributed by atoms with E-state index >= 15 is 0 Å². The van der Waals surface area contributed by atoms with E-state index in [1.807, 2.05) is 13.0 Å². The first-order chi connectivity index (χ1) is 11.5. The Balaban J connectivity index is 1.67. The van der Waals surface area contributed by atoms with E-state index in [2.05, 4.69) is 29.6 Å². The molecule has 0 spiro atoms. The van der Waals surface area contributed by atoms with Crippen LogP contribution in [-0.4, -0.2) is 36.0 Å². The van der Waals surface area contributed by atoms with Gasteiger partial charge in [0.15, 0.2) is 0 Å². The Morgan fingerprint density at radius 3 is 2.38 bits per heavy atom. The highest BCUT2D eigenvalue weighted by molar-refractivity contribution is 7.90. The zero-order valence-electron chi connectivity index (χ0n) is 13.8. The minimum Gasteiger partial charge on any atom is -0.246 e. The summed E-state index contributed by atoms with van der Waals surface area (Å²) in [4.78, 5) is 4.77. The number of hydrogen-bond donors (Lipinski definition) is 0. The summed E-state index contributed by atoms with van der Waals surface area (Å²) in [5.41, 5.74) is 2.18. The lowest BCUT2D eigenvalue weighted by molar-refractivity contribution is 0.261. The molecule has 1 aromatic carbocycles. The van der Waals surface area contributed by atoms with Crippen molar-refractivity contribution in [3.63, 3.8) is 0 Å². The molecule has 0 unspecified atom stereocenters. The van der Waals surface area contributed by atoms with Crippen molar-refractivity contribution in [3.05, 3.63) is 52.0 Å². The van der Waals surface area contributed by atoms with E-state index in [0.717, 1.165) is 36.4 Å². The second-order valence-electron chi connectivity index (χ2n) is 6.84. The van der Waals surface area contributed by atoms with Crippen LogP contribution in [0.4, 0.5) is 0 Å². The van der Waals surface area contributed by atoms with Crippen molar-refractivity contribution >= 4 is 21.4 Å². The van der Waals surface area contributed by atoms with Crippen LogP contribution in [0.5, 0.6) is 0 Å². The third-order valence-electron chi connectivity index (χ3n) is 5.32. The fraction of sp³-hybridized carbons (Fsp3) is 0.500. The average Bonchev–Trinajstić information content (AvgIpc) is 3.38. The number of rotatable bonds is 4. The maximum absolute atomic E-state index is 12.5. The fourth-order valence-electron chi connectivity index (χ4n) is 3.73. The van der Waals surface area contributed by atoms with Crippen molar-refractivity contribution < 1.29 is 8.42 Å². The van der Waals surface area contributed by atoms with Crippen molar-refractivity contribution in [2.24, 2.45) is 0 Å². The highest BCUT2D eigenvalue weighted by atomic mass is 32.2. The molecule has 128 valence electrons. The van der Waals surface area contributed by atoms with Gasteiger partial charge < -0.3 is 0 Å². The first kappa shape index (κ1) is 16.2. The molecule has 0 N–H and O–H groups in total. The van der Waals surface area contributed by atoms with Crippen LogP contribution < -0.4 is 0 Å². The summed E-state index contributed by atoms with van der Waals surface area (Å²) in [7, 11) is -3.08. The maximum Gasteiger partial charge on any atom is 0.216 e. The number of benzene rings is 1. The van der Waals surface area contributed by atoms with Crippen LogP contribution in [0.1, 0.15) is 41.9 Å². The third-order valence-corrected chi connectivity index (χ3v) is 8.49. The van der Waals surface area contributed by atoms with Gasteiger partial charge in [0.1, 0.15) is 0 Å². The van der Waals surface area contributed by atoms with Gasteiger partial charge in [0.05, 0.1) is 16.0 Å². The van der Waals surface area contributed by atoms with Gasteiger partial charge in [0.2, 0.25) is 10.0 Å². The lowest BCUT2D eigenvalue weighted by atomic mass is 9.71. The van der Waals surface area contributed by atoms with Crippen LogP contribution in [0.25, 0.3) is 0 Å². The van der Waals surface area contributed by atoms with E-state index in [4.69, 9.17) is 4.98 Å². The summed E-state index contributed by atoms with van der Waals surface area (Å²) >= 11 is 1.67. The molecule has 2 aromatic rings. The van der Waals surface area contributed by atoms with Crippen molar-refractivity contribution in [3.8, 4) is 0 Å². The van der Waals surface area contributed by atoms with Crippen molar-refractivity contribution in [2.45, 2.75) is 43.3 Å². The third kappa shape index (κ3) is 2.70. The van der Waals surface area contributed by atoms with Crippen molar-refractivity contribution in [1.82, 2.24) is 9.29 Å². The number of sulfonamides is 1. The van der Waals surface area contributed by atoms with E-state index in [9.17, 15) is 8.42 Å². The van der Waals surface area contributed by atoms with Crippen LogP contribution in [-0.2, 0) is 15.4 Å². The molecule has 2 fully saturated rings. The molecule has 2 aliphatic rings. The van der Waals surface area contributed by atoms with Gasteiger partial charge in [-0.15, -0.1) is 11.3 Å². The zero-order valence-corrected chi connectivity index (χ0v) is 15.4. The van der Waals surface area contributed by atoms with E-state index in [-0.39, 0.29) is 10.7 Å². The van der Waals surface area contributed by atoms with Crippen molar-refractivity contribution in [2.75, 3.05) is 13.1 Å². The minimum absolute atomic E-state index is 0.122. The summed E-state index contributed by atoms with van der Waals surface area (Å²) < 4.78 is 26.8. The normalized spacial score (nSPS) is 21.7. The van der Waals surface area contributed by atoms with Crippen LogP contribution >= 0.6 is 11.3 Å². The van der Waals surface area contributed by atoms with E-state index in [0.29, 0.717) is 13.1 Å². The van der Waals surface area contributed by atoms with Gasteiger partial charge in [-0.1, -0.05) is 30.3 Å². The molecule has 1 aliphatic carbocycles. The number of nitrogens with zero attached hydrogens (tertiary/aromatic N) is 2. The monoisotopic (exact) mass is 362 g/mol. The van der Waals surface area contributed by atoms with Gasteiger partial charge in [-0.3, -0.25) is 0 Å². The van der Waals surface area contributed by atoms with E-state index < -0.39 is 10.0 Å². The maximum atomic E-state index is 12.5. The van der Waals surface area contributed by atoms with Crippen LogP contribution in [0, 0.1) is 6.92 Å². The highest BCUT2D eigenvalue weighted by Crippen LogP contribution is 2.43. The summed E-state index contributed by atoms with van der Waals surface area (Å²) in [6, 6.07) is 10.4. The zero-order chi connectivity index (χ0) is 16.8. The standard InChI is InChI=1S/C18H22N2O2S2/c1-14-19-17(13-23-14)18(15-5-3-2-4-6-15)9-11-20(12-10-18)24(21,22)16-7-8-16/h2-6,13,16H,7-12H2,1H3. The first-order valence-electron chi connectivity index (χ1n) is 8.49. The highest BCUT2D eigenvalue weighted by Gasteiger charge is 2.46. The number of piperidine rings is 1. The molecule has 1 saturated heterocycles. The predicted molar refractivity (Wildman–Crippen MR) is 96.8 cm³/mol. The molecular formula is C18H22N2O2S2. The predicted octanol–water partition coefficient (Wildman–Crippen LogP) is 3.33. The van der Waals surface area contributed by atoms with E-state index in [1.54, 1.807) is 15.6 Å². The number of hydrogen-bond acceptors (Lipinski definition) is 4. The van der Waals surface area contributed by atoms with Gasteiger partial charge in [0.25, 0.3) is 0 Å². The van der Waals surface area contributed by atoms with Gasteiger partial charge in [-0.05, 0) is 38.2 Å². The molecule has 0 atom stereocenters. The Bertz CT molecular complexity index is 818. The summed E-state index contributed by atoms with van der Waals surface area (Å²) in [5, 5.41) is 3.09. The molecule has 1 saturated carbocycles. The van der Waals surface area contributed by atoms with Gasteiger partial charge in [-0.2, -0.15) is 0 Å². The summed E-state index contributed by atoms with van der Waals surface area (Å²) in [6.07, 6.45) is 3.25. The summed E-state index contributed by atoms with van der Waals surface area (Å²) in [6.45, 7) is 3.20. The number of aryl methyl sites for hydroxylation is 1. The van der Waals surface area contributed by atoms with Crippen LogP contribution in [0.2, 0.25) is 0 Å². The second-order valence-corrected chi connectivity index (χ2v) is 10.1. The topological polar surface area (TPSA) is 50.3 Å². The SMILES string of the molecule is Cc1nc(C2(c3ccccc3)CCN(S(=O)(=O)C3CC3)CC2)cs1. The Hall–Kier alpha value is -1.24. The second kappa shape index (κ2) is 5.93. The van der Waals surface area contributed by atoms with Gasteiger partial charge in [0, 0.05) is 23.9 Å². The molecule has 0 radical (unpaired) electrons. The molecule has 1 aromatic heterocycles. The Morgan fingerprint density at radius 1 is 1.17 bits per heavy atom. The van der Waals surface area contributed by atoms with Gasteiger partial charge in [-0.25, -0.2) is 17.7 Å². The molecule has 1 aliphatic heterocycles. The molecule has 0 amide bonds. The van der Waals surface area contributed by atoms with Crippen LogP contribution in [0.15, 0.2) is 35.7 Å². The Kier molecular flexibility index (Phi) is 4.01. The summed E-state index contributed by atoms with van der Waals surface area (Å²) in [5.74, 6) is 0.